The van der Waals surface area contributed by atoms with E-state index in [2.05, 4.69) is 54.9 Å². The molecule has 1 aliphatic heterocycles. The average molecular weight is 497 g/mol. The number of H-pyrrole nitrogens is 1. The smallest absolute Gasteiger partial charge is 0.224 e. The van der Waals surface area contributed by atoms with Crippen molar-refractivity contribution < 1.29 is 4.79 Å². The third-order valence-electron chi connectivity index (χ3n) is 6.37. The molecule has 1 aliphatic rings. The third-order valence-corrected chi connectivity index (χ3v) is 6.37. The molecule has 2 aromatic carbocycles. The molecular weight excluding hydrogens is 464 g/mol. The zero-order valence-electron chi connectivity index (χ0n) is 21.2. The first-order valence-corrected chi connectivity index (χ1v) is 12.7. The Labute approximate surface area is 216 Å². The number of amides is 1. The van der Waals surface area contributed by atoms with Crippen LogP contribution in [0.1, 0.15) is 30.4 Å². The van der Waals surface area contributed by atoms with Gasteiger partial charge < -0.3 is 20.4 Å². The van der Waals surface area contributed by atoms with E-state index in [-0.39, 0.29) is 5.91 Å². The monoisotopic (exact) mass is 496 g/mol. The van der Waals surface area contributed by atoms with E-state index < -0.39 is 0 Å². The number of benzene rings is 2. The van der Waals surface area contributed by atoms with E-state index >= 15 is 0 Å². The number of carbonyl (C=O) groups excluding carboxylic acids is 1. The fourth-order valence-corrected chi connectivity index (χ4v) is 4.37. The SMILES string of the molecule is CCC(=O)Nc1ccc(Cc2nc(Nc3cc(C)[nH]n3)cc(N3CCN(c4ccccc4)CC3)n2)cc1. The molecule has 0 radical (unpaired) electrons. The van der Waals surface area contributed by atoms with Crippen LogP contribution in [0.5, 0.6) is 0 Å². The number of anilines is 5. The largest absolute Gasteiger partial charge is 0.368 e. The first-order chi connectivity index (χ1) is 18.1. The van der Waals surface area contributed by atoms with Gasteiger partial charge in [0.1, 0.15) is 17.5 Å². The second-order valence-electron chi connectivity index (χ2n) is 9.17. The highest BCUT2D eigenvalue weighted by Crippen LogP contribution is 2.24. The van der Waals surface area contributed by atoms with Crippen molar-refractivity contribution in [2.75, 3.05) is 46.6 Å². The Morgan fingerprint density at radius 2 is 1.65 bits per heavy atom. The minimum Gasteiger partial charge on any atom is -0.368 e. The van der Waals surface area contributed by atoms with Crippen molar-refractivity contribution in [3.63, 3.8) is 0 Å². The van der Waals surface area contributed by atoms with Gasteiger partial charge in [0.05, 0.1) is 0 Å². The van der Waals surface area contributed by atoms with Crippen LogP contribution in [0.15, 0.2) is 66.7 Å². The van der Waals surface area contributed by atoms with Crippen LogP contribution in [-0.2, 0) is 11.2 Å². The Bertz CT molecular complexity index is 1330. The highest BCUT2D eigenvalue weighted by molar-refractivity contribution is 5.90. The minimum atomic E-state index is 0.000431. The lowest BCUT2D eigenvalue weighted by Gasteiger charge is -2.36. The molecule has 5 rings (SSSR count). The molecule has 9 nitrogen and oxygen atoms in total. The Kier molecular flexibility index (Phi) is 7.30. The number of nitrogens with one attached hydrogen (secondary N) is 3. The van der Waals surface area contributed by atoms with Crippen LogP contribution in [0, 0.1) is 6.92 Å². The number of hydrogen-bond donors (Lipinski definition) is 3. The maximum atomic E-state index is 11.7. The standard InChI is InChI=1S/C28H32N8O/c1-3-28(37)29-22-11-9-21(10-12-22)18-24-30-25(31-26-17-20(2)33-34-26)19-27(32-24)36-15-13-35(14-16-36)23-7-5-4-6-8-23/h4-12,17,19H,3,13-16,18H2,1-2H3,(H,29,37)(H2,30,31,32,33,34). The molecule has 4 aromatic rings. The van der Waals surface area contributed by atoms with Gasteiger partial charge in [0.25, 0.3) is 0 Å². The quantitative estimate of drug-likeness (QED) is 0.330. The van der Waals surface area contributed by atoms with Crippen molar-refractivity contribution in [1.29, 1.82) is 0 Å². The van der Waals surface area contributed by atoms with E-state index in [1.54, 1.807) is 0 Å². The van der Waals surface area contributed by atoms with E-state index in [4.69, 9.17) is 9.97 Å². The Morgan fingerprint density at radius 3 is 2.32 bits per heavy atom. The highest BCUT2D eigenvalue weighted by atomic mass is 16.1. The van der Waals surface area contributed by atoms with E-state index in [1.807, 2.05) is 56.3 Å². The van der Waals surface area contributed by atoms with Crippen molar-refractivity contribution in [1.82, 2.24) is 20.2 Å². The molecule has 0 atom stereocenters. The number of carbonyl (C=O) groups is 1. The van der Waals surface area contributed by atoms with Crippen molar-refractivity contribution in [2.24, 2.45) is 0 Å². The Hall–Kier alpha value is -4.40. The van der Waals surface area contributed by atoms with Crippen molar-refractivity contribution >= 4 is 34.7 Å². The number of aromatic amines is 1. The molecule has 3 heterocycles. The predicted octanol–water partition coefficient (Wildman–Crippen LogP) is 4.52. The molecule has 1 amide bonds. The van der Waals surface area contributed by atoms with E-state index in [0.29, 0.717) is 18.7 Å². The zero-order valence-corrected chi connectivity index (χ0v) is 21.2. The number of aryl methyl sites for hydroxylation is 1. The van der Waals surface area contributed by atoms with Crippen LogP contribution in [0.4, 0.5) is 28.8 Å². The topological polar surface area (TPSA) is 102 Å². The summed E-state index contributed by atoms with van der Waals surface area (Å²) in [7, 11) is 0. The second kappa shape index (κ2) is 11.1. The number of aromatic nitrogens is 4. The molecule has 3 N–H and O–H groups in total. The van der Waals surface area contributed by atoms with Crippen molar-refractivity contribution in [3.8, 4) is 0 Å². The predicted molar refractivity (Wildman–Crippen MR) is 148 cm³/mol. The summed E-state index contributed by atoms with van der Waals surface area (Å²) in [6.07, 6.45) is 1.03. The molecule has 1 fully saturated rings. The van der Waals surface area contributed by atoms with Gasteiger partial charge in [0, 0.05) is 68.2 Å². The van der Waals surface area contributed by atoms with Crippen LogP contribution < -0.4 is 20.4 Å². The fraction of sp³-hybridized carbons (Fsp3) is 0.286. The number of para-hydroxylation sites is 1. The Balaban J connectivity index is 1.35. The van der Waals surface area contributed by atoms with E-state index in [1.165, 1.54) is 5.69 Å². The van der Waals surface area contributed by atoms with Gasteiger partial charge in [-0.3, -0.25) is 9.89 Å². The van der Waals surface area contributed by atoms with Crippen molar-refractivity contribution in [2.45, 2.75) is 26.7 Å². The number of piperazine rings is 1. The first-order valence-electron chi connectivity index (χ1n) is 12.7. The van der Waals surface area contributed by atoms with E-state index in [0.717, 1.165) is 60.6 Å². The second-order valence-corrected chi connectivity index (χ2v) is 9.17. The summed E-state index contributed by atoms with van der Waals surface area (Å²) in [6, 6.07) is 22.3. The summed E-state index contributed by atoms with van der Waals surface area (Å²) in [5.41, 5.74) is 4.09. The Morgan fingerprint density at radius 1 is 0.919 bits per heavy atom. The van der Waals surface area contributed by atoms with Crippen LogP contribution >= 0.6 is 0 Å². The molecule has 1 saturated heterocycles. The van der Waals surface area contributed by atoms with Crippen LogP contribution in [0.25, 0.3) is 0 Å². The third kappa shape index (κ3) is 6.24. The van der Waals surface area contributed by atoms with Crippen LogP contribution in [-0.4, -0.2) is 52.3 Å². The lowest BCUT2D eigenvalue weighted by molar-refractivity contribution is -0.115. The summed E-state index contributed by atoms with van der Waals surface area (Å²) in [5.74, 6) is 3.06. The van der Waals surface area contributed by atoms with Gasteiger partial charge in [0.2, 0.25) is 5.91 Å². The number of rotatable bonds is 8. The van der Waals surface area contributed by atoms with Gasteiger partial charge in [-0.05, 0) is 36.8 Å². The average Bonchev–Trinajstić information content (AvgIpc) is 3.34. The molecule has 37 heavy (non-hydrogen) atoms. The molecule has 9 heteroatoms. The van der Waals surface area contributed by atoms with Crippen LogP contribution in [0.2, 0.25) is 0 Å². The summed E-state index contributed by atoms with van der Waals surface area (Å²) in [4.78, 5) is 26.1. The lowest BCUT2D eigenvalue weighted by atomic mass is 10.1. The summed E-state index contributed by atoms with van der Waals surface area (Å²) < 4.78 is 0. The molecule has 190 valence electrons. The maximum Gasteiger partial charge on any atom is 0.224 e. The van der Waals surface area contributed by atoms with Gasteiger partial charge in [-0.25, -0.2) is 9.97 Å². The highest BCUT2D eigenvalue weighted by Gasteiger charge is 2.20. The molecule has 0 saturated carbocycles. The first kappa shape index (κ1) is 24.3. The molecule has 0 aliphatic carbocycles. The van der Waals surface area contributed by atoms with Gasteiger partial charge in [-0.15, -0.1) is 0 Å². The molecule has 0 unspecified atom stereocenters. The number of nitrogens with zero attached hydrogens (tertiary/aromatic N) is 5. The van der Waals surface area contributed by atoms with Gasteiger partial charge in [-0.2, -0.15) is 5.10 Å². The van der Waals surface area contributed by atoms with Gasteiger partial charge >= 0.3 is 0 Å². The summed E-state index contributed by atoms with van der Waals surface area (Å²) in [5, 5.41) is 13.5. The normalized spacial score (nSPS) is 13.5. The molecule has 0 spiro atoms. The van der Waals surface area contributed by atoms with Gasteiger partial charge in [0.15, 0.2) is 5.82 Å². The van der Waals surface area contributed by atoms with Crippen molar-refractivity contribution in [3.05, 3.63) is 83.8 Å². The zero-order chi connectivity index (χ0) is 25.6. The minimum absolute atomic E-state index is 0.000431. The van der Waals surface area contributed by atoms with E-state index in [9.17, 15) is 4.79 Å². The summed E-state index contributed by atoms with van der Waals surface area (Å²) >= 11 is 0. The lowest BCUT2D eigenvalue weighted by Crippen LogP contribution is -2.47. The molecule has 0 bridgehead atoms. The molecular formula is C28H32N8O. The summed E-state index contributed by atoms with van der Waals surface area (Å²) in [6.45, 7) is 7.40. The molecule has 2 aromatic heterocycles. The number of hydrogen-bond acceptors (Lipinski definition) is 7. The fourth-order valence-electron chi connectivity index (χ4n) is 4.37. The van der Waals surface area contributed by atoms with Crippen LogP contribution in [0.3, 0.4) is 0 Å². The maximum absolute atomic E-state index is 11.7. The van der Waals surface area contributed by atoms with Gasteiger partial charge in [-0.1, -0.05) is 37.3 Å².